The molecule has 4 rings (SSSR count). The second-order valence-electron chi connectivity index (χ2n) is 8.26. The Labute approximate surface area is 187 Å². The van der Waals surface area contributed by atoms with Gasteiger partial charge in [0.05, 0.1) is 31.0 Å². The van der Waals surface area contributed by atoms with Crippen molar-refractivity contribution >= 4 is 17.5 Å². The summed E-state index contributed by atoms with van der Waals surface area (Å²) in [6.07, 6.45) is 5.51. The molecule has 3 aromatic rings. The van der Waals surface area contributed by atoms with Crippen molar-refractivity contribution < 1.29 is 9.59 Å². The van der Waals surface area contributed by atoms with Crippen LogP contribution in [0.2, 0.25) is 0 Å². The molecule has 2 amide bonds. The Bertz CT molecular complexity index is 1150. The van der Waals surface area contributed by atoms with Gasteiger partial charge in [0.1, 0.15) is 5.69 Å². The van der Waals surface area contributed by atoms with Crippen molar-refractivity contribution in [3.05, 3.63) is 83.9 Å². The molecule has 0 aliphatic carbocycles. The Balaban J connectivity index is 1.59. The van der Waals surface area contributed by atoms with Gasteiger partial charge in [-0.05, 0) is 42.7 Å². The first-order valence-corrected chi connectivity index (χ1v) is 10.8. The molecule has 0 radical (unpaired) electrons. The van der Waals surface area contributed by atoms with Crippen LogP contribution in [-0.2, 0) is 22.6 Å². The Hall–Kier alpha value is -3.76. The minimum Gasteiger partial charge on any atom is -0.369 e. The van der Waals surface area contributed by atoms with Crippen molar-refractivity contribution in [1.82, 2.24) is 14.0 Å². The monoisotopic (exact) mass is 428 g/mol. The summed E-state index contributed by atoms with van der Waals surface area (Å²) in [5, 5.41) is 8.99. The zero-order valence-corrected chi connectivity index (χ0v) is 17.9. The highest BCUT2D eigenvalue weighted by atomic mass is 16.2. The number of piperidine rings is 1. The molecular formula is C25H26N5O2+. The van der Waals surface area contributed by atoms with Crippen LogP contribution in [0.3, 0.4) is 0 Å². The summed E-state index contributed by atoms with van der Waals surface area (Å²) in [6, 6.07) is 19.3. The summed E-state index contributed by atoms with van der Waals surface area (Å²) >= 11 is 0. The van der Waals surface area contributed by atoms with E-state index in [9.17, 15) is 9.59 Å². The number of amides is 2. The number of imidazole rings is 1. The molecule has 162 valence electrons. The average Bonchev–Trinajstić information content (AvgIpc) is 3.26. The van der Waals surface area contributed by atoms with E-state index >= 15 is 0 Å². The van der Waals surface area contributed by atoms with Gasteiger partial charge in [-0.25, -0.2) is 14.3 Å². The second-order valence-corrected chi connectivity index (χ2v) is 8.26. The van der Waals surface area contributed by atoms with Crippen LogP contribution in [0.5, 0.6) is 0 Å². The summed E-state index contributed by atoms with van der Waals surface area (Å²) in [7, 11) is 0. The molecule has 1 aliphatic heterocycles. The molecule has 1 fully saturated rings. The molecule has 2 heterocycles. The van der Waals surface area contributed by atoms with Gasteiger partial charge in [-0.2, -0.15) is 5.26 Å². The first kappa shape index (κ1) is 21.5. The van der Waals surface area contributed by atoms with Gasteiger partial charge in [-0.3, -0.25) is 4.79 Å². The molecule has 1 aliphatic rings. The molecule has 1 saturated heterocycles. The fraction of sp³-hybridized carbons (Fsp3) is 0.280. The van der Waals surface area contributed by atoms with Gasteiger partial charge in [0, 0.05) is 24.9 Å². The van der Waals surface area contributed by atoms with Gasteiger partial charge in [0.2, 0.25) is 5.91 Å². The van der Waals surface area contributed by atoms with Gasteiger partial charge in [-0.15, -0.1) is 0 Å². The van der Waals surface area contributed by atoms with Crippen LogP contribution in [0.25, 0.3) is 0 Å². The van der Waals surface area contributed by atoms with E-state index in [2.05, 4.69) is 15.6 Å². The lowest BCUT2D eigenvalue weighted by Gasteiger charge is -2.40. The summed E-state index contributed by atoms with van der Waals surface area (Å²) < 4.78 is 2.18. The number of hydrogen-bond acceptors (Lipinski definition) is 4. The van der Waals surface area contributed by atoms with Crippen molar-refractivity contribution in [3.8, 4) is 6.07 Å². The third kappa shape index (κ3) is 4.18. The third-order valence-corrected chi connectivity index (χ3v) is 6.33. The molecule has 0 saturated carbocycles. The van der Waals surface area contributed by atoms with E-state index in [4.69, 9.17) is 11.0 Å². The van der Waals surface area contributed by atoms with Gasteiger partial charge in [0.25, 0.3) is 0 Å². The van der Waals surface area contributed by atoms with E-state index in [1.54, 1.807) is 18.5 Å². The van der Waals surface area contributed by atoms with E-state index in [1.807, 2.05) is 48.7 Å². The van der Waals surface area contributed by atoms with Gasteiger partial charge in [-0.1, -0.05) is 30.3 Å². The average molecular weight is 429 g/mol. The zero-order valence-electron chi connectivity index (χ0n) is 17.9. The minimum atomic E-state index is -0.757. The molecule has 0 spiro atoms. The Morgan fingerprint density at radius 2 is 1.94 bits per heavy atom. The Kier molecular flexibility index (Phi) is 6.15. The topological polar surface area (TPSA) is 102 Å². The molecule has 2 unspecified atom stereocenters. The number of benzene rings is 2. The lowest BCUT2D eigenvalue weighted by Crippen LogP contribution is -2.62. The van der Waals surface area contributed by atoms with E-state index < -0.39 is 11.8 Å². The molecule has 2 aromatic carbocycles. The SMILES string of the molecule is N#Cc1ccc(Cn2cncc2CC[N+]2(c3ccccc3)CCCC(C(N)=O)C2=O)cc1. The zero-order chi connectivity index (χ0) is 22.6. The maximum atomic E-state index is 13.5. The number of quaternary nitrogens is 1. The van der Waals surface area contributed by atoms with Crippen molar-refractivity contribution in [2.45, 2.75) is 25.8 Å². The largest absolute Gasteiger partial charge is 0.369 e. The molecule has 7 heteroatoms. The Morgan fingerprint density at radius 1 is 1.19 bits per heavy atom. The first-order valence-electron chi connectivity index (χ1n) is 10.8. The smallest absolute Gasteiger partial charge is 0.331 e. The lowest BCUT2D eigenvalue weighted by molar-refractivity contribution is -0.143. The number of likely N-dealkylation sites (tertiary alicyclic amines) is 1. The maximum Gasteiger partial charge on any atom is 0.331 e. The number of rotatable bonds is 7. The second kappa shape index (κ2) is 9.16. The van der Waals surface area contributed by atoms with E-state index in [0.717, 1.165) is 23.4 Å². The molecule has 7 nitrogen and oxygen atoms in total. The van der Waals surface area contributed by atoms with Gasteiger partial charge < -0.3 is 10.3 Å². The van der Waals surface area contributed by atoms with E-state index in [0.29, 0.717) is 38.0 Å². The summed E-state index contributed by atoms with van der Waals surface area (Å²) in [5.74, 6) is -1.42. The highest BCUT2D eigenvalue weighted by Gasteiger charge is 2.48. The molecular weight excluding hydrogens is 402 g/mol. The lowest BCUT2D eigenvalue weighted by atomic mass is 9.92. The van der Waals surface area contributed by atoms with Crippen LogP contribution in [0, 0.1) is 17.2 Å². The molecule has 0 bridgehead atoms. The fourth-order valence-electron chi connectivity index (χ4n) is 4.57. The minimum absolute atomic E-state index is 0.117. The van der Waals surface area contributed by atoms with Crippen LogP contribution in [0.15, 0.2) is 67.1 Å². The number of carbonyl (C=O) groups excluding carboxylic acids is 2. The number of primary amides is 1. The number of aromatic nitrogens is 2. The van der Waals surface area contributed by atoms with Crippen molar-refractivity contribution in [2.24, 2.45) is 11.7 Å². The first-order chi connectivity index (χ1) is 15.5. The van der Waals surface area contributed by atoms with Crippen LogP contribution < -0.4 is 10.2 Å². The summed E-state index contributed by atoms with van der Waals surface area (Å²) in [5.41, 5.74) is 9.17. The molecule has 1 aromatic heterocycles. The van der Waals surface area contributed by atoms with Crippen molar-refractivity contribution in [2.75, 3.05) is 13.1 Å². The van der Waals surface area contributed by atoms with E-state index in [-0.39, 0.29) is 10.4 Å². The third-order valence-electron chi connectivity index (χ3n) is 6.33. The number of nitrogens with zero attached hydrogens (tertiary/aromatic N) is 4. The normalized spacial score (nSPS) is 20.6. The molecule has 2 atom stereocenters. The Morgan fingerprint density at radius 3 is 2.62 bits per heavy atom. The van der Waals surface area contributed by atoms with Crippen LogP contribution >= 0.6 is 0 Å². The number of nitriles is 1. The standard InChI is InChI=1S/C25H25N5O2/c26-15-19-8-10-20(11-9-19)17-29-18-28-16-21(29)12-14-30(22-5-2-1-3-6-22)13-4-7-23(24(27)31)25(30)32/h1-3,5-6,8-11,16,18,23H,4,7,12-14,17H2,(H-,27,31)/p+1. The fourth-order valence-corrected chi connectivity index (χ4v) is 4.57. The number of nitrogens with two attached hydrogens (primary N) is 1. The van der Waals surface area contributed by atoms with E-state index in [1.165, 1.54) is 0 Å². The molecule has 32 heavy (non-hydrogen) atoms. The highest BCUT2D eigenvalue weighted by molar-refractivity contribution is 6.05. The van der Waals surface area contributed by atoms with Gasteiger partial charge in [0.15, 0.2) is 5.92 Å². The highest BCUT2D eigenvalue weighted by Crippen LogP contribution is 2.32. The predicted octanol–water partition coefficient (Wildman–Crippen LogP) is 2.77. The van der Waals surface area contributed by atoms with Crippen molar-refractivity contribution in [1.29, 1.82) is 5.26 Å². The van der Waals surface area contributed by atoms with Crippen LogP contribution in [0.1, 0.15) is 29.7 Å². The number of para-hydroxylation sites is 1. The van der Waals surface area contributed by atoms with Crippen LogP contribution in [-0.4, -0.2) is 34.5 Å². The quantitative estimate of drug-likeness (QED) is 0.462. The van der Waals surface area contributed by atoms with Crippen LogP contribution in [0.4, 0.5) is 5.69 Å². The summed E-state index contributed by atoms with van der Waals surface area (Å²) in [4.78, 5) is 29.8. The van der Waals surface area contributed by atoms with Gasteiger partial charge >= 0.3 is 5.91 Å². The summed E-state index contributed by atoms with van der Waals surface area (Å²) in [6.45, 7) is 1.81. The maximum absolute atomic E-state index is 13.5. The van der Waals surface area contributed by atoms with Crippen molar-refractivity contribution in [3.63, 3.8) is 0 Å². The number of carbonyl (C=O) groups is 2. The molecule has 2 N–H and O–H groups in total. The number of hydrogen-bond donors (Lipinski definition) is 1. The predicted molar refractivity (Wildman–Crippen MR) is 121 cm³/mol.